The Morgan fingerprint density at radius 3 is 2.36 bits per heavy atom. The Balaban J connectivity index is 2.32. The van der Waals surface area contributed by atoms with E-state index in [1.54, 1.807) is 0 Å². The summed E-state index contributed by atoms with van der Waals surface area (Å²) in [4.78, 5) is 0. The molecule has 1 fully saturated rings. The second kappa shape index (κ2) is 2.08. The fourth-order valence-electron chi connectivity index (χ4n) is 1.47. The van der Waals surface area contributed by atoms with Crippen LogP contribution >= 0.6 is 0 Å². The van der Waals surface area contributed by atoms with Gasteiger partial charge in [0.2, 0.25) is 0 Å². The van der Waals surface area contributed by atoms with Gasteiger partial charge in [0.1, 0.15) is 0 Å². The Bertz CT molecular complexity index is 255. The van der Waals surface area contributed by atoms with Crippen LogP contribution in [0.3, 0.4) is 0 Å². The molecule has 2 unspecified atom stereocenters. The summed E-state index contributed by atoms with van der Waals surface area (Å²) in [5.74, 6) is 0. The first-order valence-corrected chi connectivity index (χ1v) is 3.97. The first-order chi connectivity index (χ1) is 5.23. The fourth-order valence-corrected chi connectivity index (χ4v) is 1.47. The summed E-state index contributed by atoms with van der Waals surface area (Å²) >= 11 is 0. The molecule has 1 saturated carbocycles. The first-order valence-electron chi connectivity index (χ1n) is 3.97. The Hall–Kier alpha value is -0.820. The van der Waals surface area contributed by atoms with Crippen molar-refractivity contribution >= 4 is 0 Å². The van der Waals surface area contributed by atoms with Gasteiger partial charge in [0, 0.05) is 5.41 Å². The molecular formula is C10H12O. The van der Waals surface area contributed by atoms with Crippen molar-refractivity contribution < 1.29 is 5.11 Å². The first kappa shape index (κ1) is 6.86. The Labute approximate surface area is 66.7 Å². The van der Waals surface area contributed by atoms with Gasteiger partial charge in [-0.15, -0.1) is 0 Å². The summed E-state index contributed by atoms with van der Waals surface area (Å²) in [6.45, 7) is 2.10. The minimum atomic E-state index is -0.120. The van der Waals surface area contributed by atoms with Crippen molar-refractivity contribution in [2.45, 2.75) is 24.9 Å². The second-order valence-corrected chi connectivity index (χ2v) is 3.50. The summed E-state index contributed by atoms with van der Waals surface area (Å²) < 4.78 is 0. The molecule has 1 N–H and O–H groups in total. The van der Waals surface area contributed by atoms with Gasteiger partial charge in [-0.1, -0.05) is 37.3 Å². The molecule has 0 aliphatic heterocycles. The highest BCUT2D eigenvalue weighted by Crippen LogP contribution is 2.47. The van der Waals surface area contributed by atoms with Crippen molar-refractivity contribution in [1.29, 1.82) is 0 Å². The van der Waals surface area contributed by atoms with Gasteiger partial charge in [-0.25, -0.2) is 0 Å². The zero-order chi connectivity index (χ0) is 7.90. The maximum absolute atomic E-state index is 9.34. The van der Waals surface area contributed by atoms with E-state index < -0.39 is 0 Å². The zero-order valence-electron chi connectivity index (χ0n) is 6.62. The lowest BCUT2D eigenvalue weighted by Gasteiger charge is -2.07. The number of rotatable bonds is 1. The van der Waals surface area contributed by atoms with Crippen molar-refractivity contribution in [2.24, 2.45) is 0 Å². The molecule has 0 heterocycles. The zero-order valence-corrected chi connectivity index (χ0v) is 6.62. The van der Waals surface area contributed by atoms with E-state index in [-0.39, 0.29) is 11.5 Å². The molecule has 0 bridgehead atoms. The third-order valence-electron chi connectivity index (χ3n) is 2.63. The number of benzene rings is 1. The van der Waals surface area contributed by atoms with Gasteiger partial charge in [0.05, 0.1) is 6.10 Å². The molecule has 0 radical (unpaired) electrons. The molecule has 1 aromatic carbocycles. The standard InChI is InChI=1S/C10H12O/c1-10(7-9(10)11)8-5-3-2-4-6-8/h2-6,9,11H,7H2,1H3. The molecule has 0 spiro atoms. The molecule has 58 valence electrons. The van der Waals surface area contributed by atoms with E-state index in [4.69, 9.17) is 0 Å². The van der Waals surface area contributed by atoms with E-state index in [2.05, 4.69) is 19.1 Å². The van der Waals surface area contributed by atoms with Gasteiger partial charge >= 0.3 is 0 Å². The van der Waals surface area contributed by atoms with Gasteiger partial charge in [-0.05, 0) is 12.0 Å². The van der Waals surface area contributed by atoms with Crippen molar-refractivity contribution in [3.8, 4) is 0 Å². The normalized spacial score (nSPS) is 35.3. The van der Waals surface area contributed by atoms with Crippen LogP contribution in [-0.4, -0.2) is 11.2 Å². The second-order valence-electron chi connectivity index (χ2n) is 3.50. The molecule has 2 atom stereocenters. The minimum Gasteiger partial charge on any atom is -0.392 e. The van der Waals surface area contributed by atoms with Crippen LogP contribution in [0, 0.1) is 0 Å². The predicted molar refractivity (Wildman–Crippen MR) is 44.4 cm³/mol. The third kappa shape index (κ3) is 0.962. The maximum Gasteiger partial charge on any atom is 0.0644 e. The van der Waals surface area contributed by atoms with E-state index in [1.165, 1.54) is 5.56 Å². The van der Waals surface area contributed by atoms with Crippen LogP contribution in [0.25, 0.3) is 0 Å². The molecule has 1 heteroatoms. The number of aliphatic hydroxyl groups excluding tert-OH is 1. The van der Waals surface area contributed by atoms with Crippen LogP contribution in [0.4, 0.5) is 0 Å². The van der Waals surface area contributed by atoms with Gasteiger partial charge in [-0.3, -0.25) is 0 Å². The highest BCUT2D eigenvalue weighted by Gasteiger charge is 2.50. The predicted octanol–water partition coefficient (Wildman–Crippen LogP) is 1.71. The van der Waals surface area contributed by atoms with Gasteiger partial charge in [-0.2, -0.15) is 0 Å². The van der Waals surface area contributed by atoms with Crippen molar-refractivity contribution in [1.82, 2.24) is 0 Å². The van der Waals surface area contributed by atoms with Crippen LogP contribution in [0.15, 0.2) is 30.3 Å². The largest absolute Gasteiger partial charge is 0.392 e. The maximum atomic E-state index is 9.34. The van der Waals surface area contributed by atoms with E-state index in [9.17, 15) is 5.11 Å². The summed E-state index contributed by atoms with van der Waals surface area (Å²) in [7, 11) is 0. The lowest BCUT2D eigenvalue weighted by Crippen LogP contribution is -2.05. The minimum absolute atomic E-state index is 0.0568. The average Bonchev–Trinajstić information content (AvgIpc) is 2.64. The molecule has 0 saturated heterocycles. The Morgan fingerprint density at radius 1 is 1.36 bits per heavy atom. The summed E-state index contributed by atoms with van der Waals surface area (Å²) in [6, 6.07) is 10.2. The fraction of sp³-hybridized carbons (Fsp3) is 0.400. The molecule has 2 rings (SSSR count). The molecule has 0 aromatic heterocycles. The molecule has 1 aliphatic rings. The van der Waals surface area contributed by atoms with Crippen molar-refractivity contribution in [3.63, 3.8) is 0 Å². The van der Waals surface area contributed by atoms with Crippen LogP contribution < -0.4 is 0 Å². The molecule has 1 aromatic rings. The summed E-state index contributed by atoms with van der Waals surface area (Å²) in [6.07, 6.45) is 0.793. The molecule has 0 amide bonds. The summed E-state index contributed by atoms with van der Waals surface area (Å²) in [5, 5.41) is 9.34. The average molecular weight is 148 g/mol. The Kier molecular flexibility index (Phi) is 1.30. The lowest BCUT2D eigenvalue weighted by atomic mass is 9.98. The highest BCUT2D eigenvalue weighted by atomic mass is 16.3. The Morgan fingerprint density at radius 2 is 1.91 bits per heavy atom. The number of hydrogen-bond donors (Lipinski definition) is 1. The molecule has 1 nitrogen and oxygen atoms in total. The van der Waals surface area contributed by atoms with Crippen LogP contribution in [-0.2, 0) is 5.41 Å². The monoisotopic (exact) mass is 148 g/mol. The highest BCUT2D eigenvalue weighted by molar-refractivity contribution is 5.32. The lowest BCUT2D eigenvalue weighted by molar-refractivity contribution is 0.252. The van der Waals surface area contributed by atoms with Crippen molar-refractivity contribution in [3.05, 3.63) is 35.9 Å². The number of aliphatic hydroxyl groups is 1. The van der Waals surface area contributed by atoms with E-state index in [1.807, 2.05) is 18.2 Å². The topological polar surface area (TPSA) is 20.2 Å². The van der Waals surface area contributed by atoms with E-state index in [0.717, 1.165) is 6.42 Å². The summed E-state index contributed by atoms with van der Waals surface area (Å²) in [5.41, 5.74) is 1.31. The van der Waals surface area contributed by atoms with Gasteiger partial charge in [0.25, 0.3) is 0 Å². The van der Waals surface area contributed by atoms with Crippen LogP contribution in [0.2, 0.25) is 0 Å². The van der Waals surface area contributed by atoms with Gasteiger partial charge in [0.15, 0.2) is 0 Å². The SMILES string of the molecule is CC1(c2ccccc2)CC1O. The molecular weight excluding hydrogens is 136 g/mol. The van der Waals surface area contributed by atoms with Crippen LogP contribution in [0.1, 0.15) is 18.9 Å². The third-order valence-corrected chi connectivity index (χ3v) is 2.63. The molecule has 1 aliphatic carbocycles. The van der Waals surface area contributed by atoms with Crippen molar-refractivity contribution in [2.75, 3.05) is 0 Å². The van der Waals surface area contributed by atoms with Crippen LogP contribution in [0.5, 0.6) is 0 Å². The molecule has 11 heavy (non-hydrogen) atoms. The quantitative estimate of drug-likeness (QED) is 0.642. The van der Waals surface area contributed by atoms with Gasteiger partial charge < -0.3 is 5.11 Å². The number of hydrogen-bond acceptors (Lipinski definition) is 1. The smallest absolute Gasteiger partial charge is 0.0644 e. The van der Waals surface area contributed by atoms with E-state index in [0.29, 0.717) is 0 Å². The van der Waals surface area contributed by atoms with E-state index >= 15 is 0 Å².